The van der Waals surface area contributed by atoms with E-state index in [0.717, 1.165) is 37.7 Å². The molecule has 1 N–H and O–H groups in total. The molecule has 0 unspecified atom stereocenters. The Hall–Kier alpha value is -2.60. The molecule has 1 amide bonds. The number of nitrogens with one attached hydrogen (secondary N) is 1. The maximum absolute atomic E-state index is 12.5. The van der Waals surface area contributed by atoms with Gasteiger partial charge in [-0.25, -0.2) is 8.42 Å². The Kier molecular flexibility index (Phi) is 8.51. The largest absolute Gasteiger partial charge is 0.348 e. The van der Waals surface area contributed by atoms with Gasteiger partial charge >= 0.3 is 0 Å². The number of carbonyl (C=O) groups excluding carboxylic acids is 1. The quantitative estimate of drug-likeness (QED) is 0.500. The number of anilines is 1. The first-order chi connectivity index (χ1) is 15.4. The smallest absolute Gasteiger partial charge is 0.251 e. The molecule has 2 aromatic rings. The summed E-state index contributed by atoms with van der Waals surface area (Å²) in [5.74, 6) is -0.106. The summed E-state index contributed by atoms with van der Waals surface area (Å²) in [5, 5.41) is 2.99. The molecule has 0 atom stereocenters. The third-order valence-electron chi connectivity index (χ3n) is 5.85. The average Bonchev–Trinajstić information content (AvgIpc) is 2.80. The molecule has 6 heteroatoms. The van der Waals surface area contributed by atoms with Crippen LogP contribution in [-0.4, -0.2) is 27.1 Å². The molecular weight excluding hydrogens is 420 g/mol. The molecule has 5 nitrogen and oxygen atoms in total. The van der Waals surface area contributed by atoms with Crippen LogP contribution >= 0.6 is 0 Å². The minimum absolute atomic E-state index is 0.106. The fourth-order valence-electron chi connectivity index (χ4n) is 3.90. The molecule has 0 heterocycles. The predicted octanol–water partition coefficient (Wildman–Crippen LogP) is 5.23. The van der Waals surface area contributed by atoms with E-state index in [0.29, 0.717) is 17.8 Å². The maximum atomic E-state index is 12.5. The fourth-order valence-corrected chi connectivity index (χ4v) is 4.79. The lowest BCUT2D eigenvalue weighted by Crippen LogP contribution is -2.29. The standard InChI is InChI=1S/C26H34N2O3S/c1-3-4-8-21-13-17-25(18-14-21)28(32(2,30)31)20-23-11-15-24(16-12-23)26(29)27-19-22-9-6-5-7-10-22/h9,11-18H,3-8,10,19-20H2,1-2H3,(H,27,29). The van der Waals surface area contributed by atoms with Gasteiger partial charge in [0.25, 0.3) is 5.91 Å². The maximum Gasteiger partial charge on any atom is 0.251 e. The highest BCUT2D eigenvalue weighted by Crippen LogP contribution is 2.22. The van der Waals surface area contributed by atoms with Crippen molar-refractivity contribution in [2.75, 3.05) is 17.1 Å². The van der Waals surface area contributed by atoms with Gasteiger partial charge in [-0.2, -0.15) is 0 Å². The molecule has 0 bridgehead atoms. The molecule has 1 aliphatic rings. The topological polar surface area (TPSA) is 66.5 Å². The minimum Gasteiger partial charge on any atom is -0.348 e. The van der Waals surface area contributed by atoms with Crippen LogP contribution in [0.15, 0.2) is 60.2 Å². The van der Waals surface area contributed by atoms with E-state index in [1.165, 1.54) is 34.5 Å². The number of sulfonamides is 1. The minimum atomic E-state index is -3.45. The molecule has 172 valence electrons. The predicted molar refractivity (Wildman–Crippen MR) is 131 cm³/mol. The first kappa shape index (κ1) is 24.1. The van der Waals surface area contributed by atoms with Gasteiger partial charge < -0.3 is 5.32 Å². The molecule has 0 aliphatic heterocycles. The summed E-state index contributed by atoms with van der Waals surface area (Å²) in [6.45, 7) is 2.97. The van der Waals surface area contributed by atoms with Crippen LogP contribution in [0.25, 0.3) is 0 Å². The highest BCUT2D eigenvalue weighted by Gasteiger charge is 2.18. The number of carbonyl (C=O) groups is 1. The van der Waals surface area contributed by atoms with Crippen molar-refractivity contribution in [2.45, 2.75) is 58.4 Å². The number of nitrogens with zero attached hydrogens (tertiary/aromatic N) is 1. The summed E-state index contributed by atoms with van der Waals surface area (Å²) in [7, 11) is -3.45. The van der Waals surface area contributed by atoms with Gasteiger partial charge in [-0.3, -0.25) is 9.10 Å². The van der Waals surface area contributed by atoms with E-state index in [4.69, 9.17) is 0 Å². The molecular formula is C26H34N2O3S. The van der Waals surface area contributed by atoms with Crippen LogP contribution < -0.4 is 9.62 Å². The first-order valence-corrected chi connectivity index (χ1v) is 13.3. The van der Waals surface area contributed by atoms with E-state index < -0.39 is 10.0 Å². The Labute approximate surface area is 192 Å². The highest BCUT2D eigenvalue weighted by atomic mass is 32.2. The lowest BCUT2D eigenvalue weighted by Gasteiger charge is -2.23. The van der Waals surface area contributed by atoms with E-state index in [1.807, 2.05) is 36.4 Å². The Morgan fingerprint density at radius 3 is 2.28 bits per heavy atom. The molecule has 3 rings (SSSR count). The van der Waals surface area contributed by atoms with Crippen LogP contribution in [0.3, 0.4) is 0 Å². The van der Waals surface area contributed by atoms with Crippen molar-refractivity contribution in [3.63, 3.8) is 0 Å². The van der Waals surface area contributed by atoms with Crippen LogP contribution in [0.1, 0.15) is 66.9 Å². The van der Waals surface area contributed by atoms with E-state index in [-0.39, 0.29) is 12.5 Å². The second-order valence-electron chi connectivity index (χ2n) is 8.53. The number of unbranched alkanes of at least 4 members (excludes halogenated alkanes) is 1. The fraction of sp³-hybridized carbons (Fsp3) is 0.423. The van der Waals surface area contributed by atoms with Gasteiger partial charge in [-0.1, -0.05) is 49.3 Å². The van der Waals surface area contributed by atoms with E-state index in [1.54, 1.807) is 12.1 Å². The van der Waals surface area contributed by atoms with Gasteiger partial charge in [0, 0.05) is 12.1 Å². The SMILES string of the molecule is CCCCc1ccc(N(Cc2ccc(C(=O)NCC3=CCCCC3)cc2)S(C)(=O)=O)cc1. The van der Waals surface area contributed by atoms with Crippen molar-refractivity contribution in [1.29, 1.82) is 0 Å². The second kappa shape index (κ2) is 11.3. The Bertz CT molecular complexity index is 1030. The van der Waals surface area contributed by atoms with Crippen LogP contribution in [-0.2, 0) is 23.0 Å². The average molecular weight is 455 g/mol. The molecule has 0 saturated carbocycles. The third kappa shape index (κ3) is 6.95. The van der Waals surface area contributed by atoms with Crippen LogP contribution in [0.2, 0.25) is 0 Å². The molecule has 2 aromatic carbocycles. The lowest BCUT2D eigenvalue weighted by atomic mass is 9.99. The molecule has 0 aromatic heterocycles. The van der Waals surface area contributed by atoms with Gasteiger partial charge in [0.1, 0.15) is 0 Å². The summed E-state index contributed by atoms with van der Waals surface area (Å²) in [4.78, 5) is 12.5. The van der Waals surface area contributed by atoms with E-state index in [2.05, 4.69) is 18.3 Å². The van der Waals surface area contributed by atoms with E-state index >= 15 is 0 Å². The normalized spacial score (nSPS) is 14.0. The summed E-state index contributed by atoms with van der Waals surface area (Å²) in [6, 6.07) is 14.9. The summed E-state index contributed by atoms with van der Waals surface area (Å²) >= 11 is 0. The molecule has 1 aliphatic carbocycles. The van der Waals surface area contributed by atoms with Crippen LogP contribution in [0.5, 0.6) is 0 Å². The van der Waals surface area contributed by atoms with Crippen molar-refractivity contribution in [3.05, 3.63) is 76.9 Å². The van der Waals surface area contributed by atoms with Gasteiger partial charge in [0.2, 0.25) is 10.0 Å². The molecule has 0 fully saturated rings. The lowest BCUT2D eigenvalue weighted by molar-refractivity contribution is 0.0956. The Morgan fingerprint density at radius 2 is 1.69 bits per heavy atom. The summed E-state index contributed by atoms with van der Waals surface area (Å²) < 4.78 is 26.3. The molecule has 0 radical (unpaired) electrons. The number of amides is 1. The van der Waals surface area contributed by atoms with Gasteiger partial charge in [-0.15, -0.1) is 0 Å². The van der Waals surface area contributed by atoms with Crippen molar-refractivity contribution >= 4 is 21.6 Å². The summed E-state index contributed by atoms with van der Waals surface area (Å²) in [6.07, 6.45) is 11.3. The summed E-state index contributed by atoms with van der Waals surface area (Å²) in [5.41, 5.74) is 4.57. The van der Waals surface area contributed by atoms with Crippen LogP contribution in [0.4, 0.5) is 5.69 Å². The van der Waals surface area contributed by atoms with Crippen molar-refractivity contribution in [1.82, 2.24) is 5.32 Å². The van der Waals surface area contributed by atoms with Gasteiger partial charge in [-0.05, 0) is 73.9 Å². The highest BCUT2D eigenvalue weighted by molar-refractivity contribution is 7.92. The number of hydrogen-bond acceptors (Lipinski definition) is 3. The zero-order valence-corrected chi connectivity index (χ0v) is 20.0. The van der Waals surface area contributed by atoms with E-state index in [9.17, 15) is 13.2 Å². The second-order valence-corrected chi connectivity index (χ2v) is 10.4. The monoisotopic (exact) mass is 454 g/mol. The van der Waals surface area contributed by atoms with Gasteiger partial charge in [0.15, 0.2) is 0 Å². The number of hydrogen-bond donors (Lipinski definition) is 1. The van der Waals surface area contributed by atoms with Crippen molar-refractivity contribution < 1.29 is 13.2 Å². The third-order valence-corrected chi connectivity index (χ3v) is 6.99. The molecule has 0 spiro atoms. The van der Waals surface area contributed by atoms with Crippen LogP contribution in [0, 0.1) is 0 Å². The Balaban J connectivity index is 1.65. The molecule has 0 saturated heterocycles. The molecule has 32 heavy (non-hydrogen) atoms. The van der Waals surface area contributed by atoms with Crippen molar-refractivity contribution in [3.8, 4) is 0 Å². The number of aryl methyl sites for hydroxylation is 1. The number of allylic oxidation sites excluding steroid dienone is 1. The zero-order valence-electron chi connectivity index (χ0n) is 19.1. The number of rotatable bonds is 10. The number of benzene rings is 2. The van der Waals surface area contributed by atoms with Gasteiger partial charge in [0.05, 0.1) is 18.5 Å². The first-order valence-electron chi connectivity index (χ1n) is 11.5. The Morgan fingerprint density at radius 1 is 1.00 bits per heavy atom. The van der Waals surface area contributed by atoms with Crippen molar-refractivity contribution in [2.24, 2.45) is 0 Å². The zero-order chi connectivity index (χ0) is 23.0.